The maximum atomic E-state index is 12.6. The first-order valence-corrected chi connectivity index (χ1v) is 9.20. The van der Waals surface area contributed by atoms with Gasteiger partial charge in [-0.2, -0.15) is 0 Å². The summed E-state index contributed by atoms with van der Waals surface area (Å²) in [6.45, 7) is 3.64. The predicted octanol–water partition coefficient (Wildman–Crippen LogP) is 2.35. The van der Waals surface area contributed by atoms with Gasteiger partial charge in [0.25, 0.3) is 5.56 Å². The molecule has 0 fully saturated rings. The SMILES string of the molecule is CC(=O)Nc1ccc(CN2CCc3nc(-c4ccncc4)[nH]c(=O)c3C2)cc1. The molecule has 7 nitrogen and oxygen atoms in total. The normalized spacial score (nSPS) is 13.8. The number of carbonyl (C=O) groups excluding carboxylic acids is 1. The van der Waals surface area contributed by atoms with Crippen molar-refractivity contribution in [2.75, 3.05) is 11.9 Å². The molecule has 7 heteroatoms. The summed E-state index contributed by atoms with van der Waals surface area (Å²) in [5, 5.41) is 2.76. The minimum atomic E-state index is -0.0850. The van der Waals surface area contributed by atoms with Crippen LogP contribution in [0.3, 0.4) is 0 Å². The second-order valence-electron chi connectivity index (χ2n) is 6.91. The summed E-state index contributed by atoms with van der Waals surface area (Å²) < 4.78 is 0. The first-order valence-electron chi connectivity index (χ1n) is 9.20. The van der Waals surface area contributed by atoms with Crippen molar-refractivity contribution in [2.24, 2.45) is 0 Å². The van der Waals surface area contributed by atoms with E-state index in [0.29, 0.717) is 12.4 Å². The van der Waals surface area contributed by atoms with Gasteiger partial charge in [0, 0.05) is 56.6 Å². The molecule has 0 atom stereocenters. The summed E-state index contributed by atoms with van der Waals surface area (Å²) in [5.41, 5.74) is 4.30. The quantitative estimate of drug-likeness (QED) is 0.730. The van der Waals surface area contributed by atoms with Crippen LogP contribution in [0.25, 0.3) is 11.4 Å². The second-order valence-corrected chi connectivity index (χ2v) is 6.91. The zero-order valence-electron chi connectivity index (χ0n) is 15.6. The zero-order valence-corrected chi connectivity index (χ0v) is 15.6. The Kier molecular flexibility index (Phi) is 4.99. The third-order valence-corrected chi connectivity index (χ3v) is 4.78. The molecule has 142 valence electrons. The van der Waals surface area contributed by atoms with Gasteiger partial charge >= 0.3 is 0 Å². The van der Waals surface area contributed by atoms with Crippen molar-refractivity contribution in [2.45, 2.75) is 26.4 Å². The van der Waals surface area contributed by atoms with Crippen molar-refractivity contribution in [3.8, 4) is 11.4 Å². The lowest BCUT2D eigenvalue weighted by Crippen LogP contribution is -2.35. The molecular formula is C21H21N5O2. The van der Waals surface area contributed by atoms with Gasteiger partial charge in [-0.3, -0.25) is 19.5 Å². The van der Waals surface area contributed by atoms with Gasteiger partial charge in [-0.15, -0.1) is 0 Å². The summed E-state index contributed by atoms with van der Waals surface area (Å²) in [7, 11) is 0. The van der Waals surface area contributed by atoms with E-state index in [1.165, 1.54) is 6.92 Å². The van der Waals surface area contributed by atoms with E-state index in [-0.39, 0.29) is 11.5 Å². The largest absolute Gasteiger partial charge is 0.326 e. The van der Waals surface area contributed by atoms with Crippen LogP contribution in [0.2, 0.25) is 0 Å². The topological polar surface area (TPSA) is 91.0 Å². The molecule has 1 aromatic carbocycles. The summed E-state index contributed by atoms with van der Waals surface area (Å²) in [6.07, 6.45) is 4.11. The molecule has 0 saturated heterocycles. The van der Waals surface area contributed by atoms with Gasteiger partial charge < -0.3 is 10.3 Å². The summed E-state index contributed by atoms with van der Waals surface area (Å²) in [6, 6.07) is 11.5. The Morgan fingerprint density at radius 1 is 1.18 bits per heavy atom. The molecule has 1 aliphatic heterocycles. The minimum Gasteiger partial charge on any atom is -0.326 e. The molecule has 0 radical (unpaired) electrons. The van der Waals surface area contributed by atoms with Crippen molar-refractivity contribution < 1.29 is 4.79 Å². The molecule has 2 aromatic heterocycles. The number of pyridine rings is 1. The Bertz CT molecular complexity index is 1040. The number of benzene rings is 1. The molecule has 0 spiro atoms. The molecule has 2 N–H and O–H groups in total. The van der Waals surface area contributed by atoms with Crippen LogP contribution in [0.1, 0.15) is 23.7 Å². The van der Waals surface area contributed by atoms with E-state index in [1.54, 1.807) is 12.4 Å². The van der Waals surface area contributed by atoms with Crippen molar-refractivity contribution in [3.05, 3.63) is 76.0 Å². The Balaban J connectivity index is 1.49. The number of fused-ring (bicyclic) bond motifs is 1. The highest BCUT2D eigenvalue weighted by molar-refractivity contribution is 5.88. The highest BCUT2D eigenvalue weighted by Crippen LogP contribution is 2.20. The number of rotatable bonds is 4. The Labute approximate surface area is 162 Å². The molecule has 0 unspecified atom stereocenters. The molecular weight excluding hydrogens is 354 g/mol. The van der Waals surface area contributed by atoms with Gasteiger partial charge in [0.05, 0.1) is 11.3 Å². The van der Waals surface area contributed by atoms with Crippen LogP contribution in [0.15, 0.2) is 53.6 Å². The van der Waals surface area contributed by atoms with E-state index >= 15 is 0 Å². The Hall–Kier alpha value is -3.32. The van der Waals surface area contributed by atoms with Crippen LogP contribution in [0.5, 0.6) is 0 Å². The highest BCUT2D eigenvalue weighted by atomic mass is 16.1. The smallest absolute Gasteiger partial charge is 0.255 e. The van der Waals surface area contributed by atoms with E-state index in [0.717, 1.165) is 47.6 Å². The summed E-state index contributed by atoms with van der Waals surface area (Å²) >= 11 is 0. The number of hydrogen-bond donors (Lipinski definition) is 2. The van der Waals surface area contributed by atoms with Crippen LogP contribution < -0.4 is 10.9 Å². The average Bonchev–Trinajstić information content (AvgIpc) is 2.70. The summed E-state index contributed by atoms with van der Waals surface area (Å²) in [5.74, 6) is 0.506. The fraction of sp³-hybridized carbons (Fsp3) is 0.238. The number of anilines is 1. The zero-order chi connectivity index (χ0) is 19.5. The number of aromatic amines is 1. The van der Waals surface area contributed by atoms with Crippen LogP contribution in [-0.4, -0.2) is 32.3 Å². The number of amides is 1. The molecule has 3 aromatic rings. The van der Waals surface area contributed by atoms with Crippen molar-refractivity contribution >= 4 is 11.6 Å². The number of aromatic nitrogens is 3. The minimum absolute atomic E-state index is 0.0810. The molecule has 1 amide bonds. The third kappa shape index (κ3) is 3.99. The lowest BCUT2D eigenvalue weighted by Gasteiger charge is -2.27. The molecule has 28 heavy (non-hydrogen) atoms. The van der Waals surface area contributed by atoms with Gasteiger partial charge in [-0.25, -0.2) is 4.98 Å². The number of nitrogens with zero attached hydrogens (tertiary/aromatic N) is 3. The van der Waals surface area contributed by atoms with Gasteiger partial charge in [0.2, 0.25) is 5.91 Å². The van der Waals surface area contributed by atoms with E-state index in [4.69, 9.17) is 0 Å². The number of nitrogens with one attached hydrogen (secondary N) is 2. The average molecular weight is 375 g/mol. The Morgan fingerprint density at radius 2 is 1.93 bits per heavy atom. The van der Waals surface area contributed by atoms with Crippen molar-refractivity contribution in [1.82, 2.24) is 19.9 Å². The Morgan fingerprint density at radius 3 is 2.64 bits per heavy atom. The standard InChI is InChI=1S/C21H21N5O2/c1-14(27)23-17-4-2-15(3-5-17)12-26-11-8-19-18(13-26)21(28)25-20(24-19)16-6-9-22-10-7-16/h2-7,9-10H,8,11-13H2,1H3,(H,23,27)(H,24,25,28). The molecule has 0 saturated carbocycles. The molecule has 3 heterocycles. The second kappa shape index (κ2) is 7.74. The number of H-pyrrole nitrogens is 1. The maximum absolute atomic E-state index is 12.6. The van der Waals surface area contributed by atoms with E-state index in [9.17, 15) is 9.59 Å². The van der Waals surface area contributed by atoms with Crippen LogP contribution in [-0.2, 0) is 24.3 Å². The van der Waals surface area contributed by atoms with Crippen LogP contribution in [0, 0.1) is 0 Å². The third-order valence-electron chi connectivity index (χ3n) is 4.78. The van der Waals surface area contributed by atoms with Gasteiger partial charge in [0.15, 0.2) is 0 Å². The molecule has 4 rings (SSSR count). The molecule has 1 aliphatic rings. The first kappa shape index (κ1) is 18.1. The van der Waals surface area contributed by atoms with Gasteiger partial charge in [0.1, 0.15) is 5.82 Å². The number of carbonyl (C=O) groups is 1. The molecule has 0 bridgehead atoms. The van der Waals surface area contributed by atoms with Gasteiger partial charge in [-0.1, -0.05) is 12.1 Å². The van der Waals surface area contributed by atoms with E-state index < -0.39 is 0 Å². The summed E-state index contributed by atoms with van der Waals surface area (Å²) in [4.78, 5) is 37.6. The van der Waals surface area contributed by atoms with Crippen molar-refractivity contribution in [3.63, 3.8) is 0 Å². The first-order chi connectivity index (χ1) is 13.6. The van der Waals surface area contributed by atoms with Crippen LogP contribution >= 0.6 is 0 Å². The van der Waals surface area contributed by atoms with Crippen molar-refractivity contribution in [1.29, 1.82) is 0 Å². The highest BCUT2D eigenvalue weighted by Gasteiger charge is 2.21. The monoisotopic (exact) mass is 375 g/mol. The fourth-order valence-corrected chi connectivity index (χ4v) is 3.42. The van der Waals surface area contributed by atoms with Crippen LogP contribution in [0.4, 0.5) is 5.69 Å². The lowest BCUT2D eigenvalue weighted by molar-refractivity contribution is -0.114. The maximum Gasteiger partial charge on any atom is 0.255 e. The lowest BCUT2D eigenvalue weighted by atomic mass is 10.1. The molecule has 0 aliphatic carbocycles. The van der Waals surface area contributed by atoms with E-state index in [1.807, 2.05) is 36.4 Å². The van der Waals surface area contributed by atoms with E-state index in [2.05, 4.69) is 25.2 Å². The fourth-order valence-electron chi connectivity index (χ4n) is 3.42. The predicted molar refractivity (Wildman–Crippen MR) is 107 cm³/mol. The number of hydrogen-bond acceptors (Lipinski definition) is 5. The van der Waals surface area contributed by atoms with Gasteiger partial charge in [-0.05, 0) is 29.8 Å².